The Morgan fingerprint density at radius 1 is 1.44 bits per heavy atom. The van der Waals surface area contributed by atoms with Crippen LogP contribution < -0.4 is 10.2 Å². The van der Waals surface area contributed by atoms with Crippen molar-refractivity contribution in [2.45, 2.75) is 38.5 Å². The highest BCUT2D eigenvalue weighted by atomic mass is 16.5. The highest BCUT2D eigenvalue weighted by Crippen LogP contribution is 2.24. The molecule has 0 saturated carbocycles. The molecule has 1 amide bonds. The van der Waals surface area contributed by atoms with Crippen molar-refractivity contribution in [1.29, 1.82) is 0 Å². The fourth-order valence-electron chi connectivity index (χ4n) is 3.31. The quantitative estimate of drug-likeness (QED) is 0.867. The number of rotatable bonds is 6. The second-order valence-electron chi connectivity index (χ2n) is 6.57. The average Bonchev–Trinajstić information content (AvgIpc) is 3.27. The highest BCUT2D eigenvalue weighted by Gasteiger charge is 2.33. The van der Waals surface area contributed by atoms with Crippen LogP contribution in [0.4, 0.5) is 5.82 Å². The zero-order valence-corrected chi connectivity index (χ0v) is 14.9. The molecule has 1 saturated heterocycles. The first-order valence-electron chi connectivity index (χ1n) is 8.60. The first-order chi connectivity index (χ1) is 12.1. The summed E-state index contributed by atoms with van der Waals surface area (Å²) in [5, 5.41) is 3.07. The molecule has 3 rings (SSSR count). The Morgan fingerprint density at radius 2 is 2.28 bits per heavy atom. The average molecular weight is 343 g/mol. The molecule has 7 nitrogen and oxygen atoms in total. The third kappa shape index (κ3) is 3.82. The van der Waals surface area contributed by atoms with E-state index in [1.54, 1.807) is 19.6 Å². The molecule has 25 heavy (non-hydrogen) atoms. The molecule has 1 aliphatic heterocycles. The molecule has 0 bridgehead atoms. The summed E-state index contributed by atoms with van der Waals surface area (Å²) in [5.41, 5.74) is 0.685. The van der Waals surface area contributed by atoms with Gasteiger partial charge in [-0.05, 0) is 38.5 Å². The zero-order valence-electron chi connectivity index (χ0n) is 14.9. The predicted molar refractivity (Wildman–Crippen MR) is 95.7 cm³/mol. The third-order valence-corrected chi connectivity index (χ3v) is 4.64. The molecular formula is C18H25N5O2. The molecule has 0 spiro atoms. The number of nitrogens with one attached hydrogen (secondary N) is 1. The summed E-state index contributed by atoms with van der Waals surface area (Å²) in [4.78, 5) is 23.1. The fraction of sp³-hybridized carbons (Fsp3) is 0.500. The molecule has 0 aliphatic carbocycles. The van der Waals surface area contributed by atoms with Crippen LogP contribution in [0.1, 0.15) is 36.8 Å². The molecule has 2 aromatic heterocycles. The van der Waals surface area contributed by atoms with Gasteiger partial charge in [0.25, 0.3) is 5.91 Å². The van der Waals surface area contributed by atoms with E-state index >= 15 is 0 Å². The van der Waals surface area contributed by atoms with E-state index in [4.69, 9.17) is 4.74 Å². The van der Waals surface area contributed by atoms with E-state index in [0.717, 1.165) is 18.8 Å². The zero-order chi connectivity index (χ0) is 17.8. The largest absolute Gasteiger partial charge is 0.380 e. The molecular weight excluding hydrogens is 318 g/mol. The Kier molecular flexibility index (Phi) is 5.33. The van der Waals surface area contributed by atoms with Crippen LogP contribution >= 0.6 is 0 Å². The fourth-order valence-corrected chi connectivity index (χ4v) is 3.31. The SMILES string of the molecule is CO[C@@H]1C[C@H](CNC(=O)c2cccn2C(C)C)N(c2ccncn2)C1. The number of carbonyl (C=O) groups excluding carboxylic acids is 1. The summed E-state index contributed by atoms with van der Waals surface area (Å²) < 4.78 is 7.50. The van der Waals surface area contributed by atoms with Crippen molar-refractivity contribution in [3.05, 3.63) is 42.6 Å². The lowest BCUT2D eigenvalue weighted by Gasteiger charge is -2.25. The van der Waals surface area contributed by atoms with E-state index in [1.165, 1.54) is 0 Å². The maximum absolute atomic E-state index is 12.6. The second kappa shape index (κ2) is 7.65. The van der Waals surface area contributed by atoms with E-state index in [0.29, 0.717) is 12.2 Å². The van der Waals surface area contributed by atoms with Crippen LogP contribution in [0.25, 0.3) is 0 Å². The third-order valence-electron chi connectivity index (χ3n) is 4.64. The van der Waals surface area contributed by atoms with Crippen molar-refractivity contribution < 1.29 is 9.53 Å². The van der Waals surface area contributed by atoms with Crippen LogP contribution in [0.15, 0.2) is 36.9 Å². The summed E-state index contributed by atoms with van der Waals surface area (Å²) in [5.74, 6) is 0.807. The normalized spacial score (nSPS) is 20.2. The molecule has 3 heterocycles. The smallest absolute Gasteiger partial charge is 0.267 e. The van der Waals surface area contributed by atoms with Gasteiger partial charge in [0.1, 0.15) is 17.8 Å². The van der Waals surface area contributed by atoms with Gasteiger partial charge in [-0.15, -0.1) is 0 Å². The second-order valence-corrected chi connectivity index (χ2v) is 6.57. The van der Waals surface area contributed by atoms with Crippen LogP contribution in [0.5, 0.6) is 0 Å². The number of carbonyl (C=O) groups is 1. The van der Waals surface area contributed by atoms with Crippen molar-refractivity contribution in [2.75, 3.05) is 25.1 Å². The summed E-state index contributed by atoms with van der Waals surface area (Å²) in [7, 11) is 1.72. The summed E-state index contributed by atoms with van der Waals surface area (Å²) >= 11 is 0. The molecule has 134 valence electrons. The Hall–Kier alpha value is -2.41. The standard InChI is InChI=1S/C18H25N5O2/c1-13(2)22-8-4-5-16(22)18(24)20-10-14-9-15(25-3)11-23(14)17-6-7-19-12-21-17/h4-8,12-15H,9-11H2,1-3H3,(H,20,24)/t14-,15-/m1/s1. The number of ether oxygens (including phenoxy) is 1. The molecule has 0 radical (unpaired) electrons. The van der Waals surface area contributed by atoms with E-state index in [2.05, 4.69) is 34.0 Å². The van der Waals surface area contributed by atoms with Gasteiger partial charge in [-0.2, -0.15) is 0 Å². The number of nitrogens with zero attached hydrogens (tertiary/aromatic N) is 4. The van der Waals surface area contributed by atoms with Gasteiger partial charge in [0, 0.05) is 38.6 Å². The van der Waals surface area contributed by atoms with Crippen LogP contribution in [-0.2, 0) is 4.74 Å². The molecule has 1 N–H and O–H groups in total. The lowest BCUT2D eigenvalue weighted by molar-refractivity contribution is 0.0935. The molecule has 2 aromatic rings. The molecule has 0 unspecified atom stereocenters. The van der Waals surface area contributed by atoms with E-state index < -0.39 is 0 Å². The van der Waals surface area contributed by atoms with Crippen molar-refractivity contribution in [1.82, 2.24) is 19.9 Å². The van der Waals surface area contributed by atoms with Gasteiger partial charge in [0.05, 0.1) is 12.1 Å². The number of methoxy groups -OCH3 is 1. The highest BCUT2D eigenvalue weighted by molar-refractivity contribution is 5.92. The molecule has 2 atom stereocenters. The van der Waals surface area contributed by atoms with Crippen LogP contribution in [0.2, 0.25) is 0 Å². The molecule has 1 aliphatic rings. The number of aromatic nitrogens is 3. The van der Waals surface area contributed by atoms with Crippen molar-refractivity contribution in [2.24, 2.45) is 0 Å². The minimum Gasteiger partial charge on any atom is -0.380 e. The van der Waals surface area contributed by atoms with E-state index in [1.807, 2.05) is 29.0 Å². The Balaban J connectivity index is 1.68. The number of amides is 1. The number of hydrogen-bond acceptors (Lipinski definition) is 5. The summed E-state index contributed by atoms with van der Waals surface area (Å²) in [6.45, 7) is 5.43. The molecule has 0 aromatic carbocycles. The van der Waals surface area contributed by atoms with E-state index in [9.17, 15) is 4.79 Å². The first kappa shape index (κ1) is 17.4. The van der Waals surface area contributed by atoms with Crippen molar-refractivity contribution in [3.63, 3.8) is 0 Å². The Morgan fingerprint density at radius 3 is 2.96 bits per heavy atom. The van der Waals surface area contributed by atoms with Gasteiger partial charge in [0.2, 0.25) is 0 Å². The van der Waals surface area contributed by atoms with Gasteiger partial charge in [0.15, 0.2) is 0 Å². The Labute approximate surface area is 148 Å². The molecule has 7 heteroatoms. The number of hydrogen-bond donors (Lipinski definition) is 1. The van der Waals surface area contributed by atoms with Gasteiger partial charge < -0.3 is 19.5 Å². The Bertz CT molecular complexity index is 701. The first-order valence-corrected chi connectivity index (χ1v) is 8.60. The predicted octanol–water partition coefficient (Wildman–Crippen LogP) is 1.88. The van der Waals surface area contributed by atoms with Gasteiger partial charge in [-0.1, -0.05) is 0 Å². The van der Waals surface area contributed by atoms with Gasteiger partial charge in [-0.25, -0.2) is 9.97 Å². The maximum atomic E-state index is 12.6. The van der Waals surface area contributed by atoms with Gasteiger partial charge >= 0.3 is 0 Å². The van der Waals surface area contributed by atoms with Gasteiger partial charge in [-0.3, -0.25) is 4.79 Å². The van der Waals surface area contributed by atoms with Crippen molar-refractivity contribution >= 4 is 11.7 Å². The van der Waals surface area contributed by atoms with E-state index in [-0.39, 0.29) is 24.1 Å². The maximum Gasteiger partial charge on any atom is 0.267 e. The van der Waals surface area contributed by atoms with Crippen LogP contribution in [0, 0.1) is 0 Å². The lowest BCUT2D eigenvalue weighted by atomic mass is 10.2. The summed E-state index contributed by atoms with van der Waals surface area (Å²) in [6, 6.07) is 6.03. The topological polar surface area (TPSA) is 72.3 Å². The number of anilines is 1. The molecule has 1 fully saturated rings. The summed E-state index contributed by atoms with van der Waals surface area (Å²) in [6.07, 6.45) is 6.19. The minimum atomic E-state index is -0.0535. The lowest BCUT2D eigenvalue weighted by Crippen LogP contribution is -2.41. The minimum absolute atomic E-state index is 0.0535. The van der Waals surface area contributed by atoms with Crippen LogP contribution in [-0.4, -0.2) is 52.8 Å². The van der Waals surface area contributed by atoms with Crippen molar-refractivity contribution in [3.8, 4) is 0 Å². The van der Waals surface area contributed by atoms with Crippen LogP contribution in [0.3, 0.4) is 0 Å². The monoisotopic (exact) mass is 343 g/mol.